The third-order valence-corrected chi connectivity index (χ3v) is 8.00. The fraction of sp³-hybridized carbons (Fsp3) is 0.556. The topological polar surface area (TPSA) is 253 Å². The van der Waals surface area contributed by atoms with Crippen molar-refractivity contribution in [1.29, 1.82) is 0 Å². The van der Waals surface area contributed by atoms with Gasteiger partial charge in [-0.2, -0.15) is 9.29 Å². The van der Waals surface area contributed by atoms with Crippen molar-refractivity contribution in [2.75, 3.05) is 12.3 Å². The van der Waals surface area contributed by atoms with Crippen LogP contribution in [0.4, 0.5) is 5.82 Å². The van der Waals surface area contributed by atoms with Gasteiger partial charge in [-0.25, -0.2) is 18.2 Å². The highest BCUT2D eigenvalue weighted by molar-refractivity contribution is 8.08. The van der Waals surface area contributed by atoms with Gasteiger partial charge in [0.1, 0.15) is 24.1 Å². The minimum atomic E-state index is -5.51. The van der Waals surface area contributed by atoms with Gasteiger partial charge >= 0.3 is 28.1 Å². The molecule has 2 heterocycles. The number of phosphoric acid groups is 2. The zero-order valence-electron chi connectivity index (χ0n) is 13.9. The van der Waals surface area contributed by atoms with E-state index in [4.69, 9.17) is 24.8 Å². The second-order valence-electron chi connectivity index (χ2n) is 5.48. The molecule has 0 amide bonds. The normalized spacial score (nSPS) is 29.3. The first-order chi connectivity index (χ1) is 13.1. The van der Waals surface area contributed by atoms with E-state index in [9.17, 15) is 33.9 Å². The molecule has 0 aliphatic carbocycles. The van der Waals surface area contributed by atoms with E-state index in [2.05, 4.69) is 25.4 Å². The third-order valence-electron chi connectivity index (χ3n) is 3.28. The van der Waals surface area contributed by atoms with Crippen molar-refractivity contribution in [3.63, 3.8) is 0 Å². The third kappa shape index (κ3) is 6.95. The summed E-state index contributed by atoms with van der Waals surface area (Å²) in [6, 6.07) is 1.23. The summed E-state index contributed by atoms with van der Waals surface area (Å²) in [5.74, 6) is -0.0942. The van der Waals surface area contributed by atoms with Crippen molar-refractivity contribution in [2.45, 2.75) is 24.5 Å². The Morgan fingerprint density at radius 1 is 1.21 bits per heavy atom. The van der Waals surface area contributed by atoms with Crippen LogP contribution < -0.4 is 11.4 Å². The second-order valence-corrected chi connectivity index (χ2v) is 11.3. The Balaban J connectivity index is 2.05. The first-order valence-corrected chi connectivity index (χ1v) is 12.9. The first-order valence-electron chi connectivity index (χ1n) is 7.25. The molecular weight excluding hydrogens is 483 g/mol. The predicted octanol–water partition coefficient (Wildman–Crippen LogP) is -2.10. The van der Waals surface area contributed by atoms with Crippen LogP contribution in [-0.2, 0) is 38.8 Å². The quantitative estimate of drug-likeness (QED) is 0.189. The summed E-state index contributed by atoms with van der Waals surface area (Å²) in [7, 11) is -11.0. The average molecular weight is 499 g/mol. The van der Waals surface area contributed by atoms with Crippen LogP contribution in [0.2, 0.25) is 0 Å². The van der Waals surface area contributed by atoms with Crippen molar-refractivity contribution in [3.05, 3.63) is 22.7 Å². The van der Waals surface area contributed by atoms with Crippen molar-refractivity contribution in [1.82, 2.24) is 9.55 Å². The SMILES string of the molecule is Nc1ccn(C2OC(COP(O)(=S)OP(=O)(O)OP(=O)(O)O)C(O)C2O)c(=O)n1. The van der Waals surface area contributed by atoms with Crippen LogP contribution >= 0.6 is 22.4 Å². The van der Waals surface area contributed by atoms with E-state index in [1.807, 2.05) is 0 Å². The highest BCUT2D eigenvalue weighted by Gasteiger charge is 2.45. The average Bonchev–Trinajstić information content (AvgIpc) is 2.78. The molecule has 1 aromatic heterocycles. The van der Waals surface area contributed by atoms with E-state index in [0.717, 1.165) is 10.8 Å². The summed E-state index contributed by atoms with van der Waals surface area (Å²) in [6.45, 7) is -5.43. The molecule has 16 nitrogen and oxygen atoms in total. The lowest BCUT2D eigenvalue weighted by Crippen LogP contribution is -2.36. The van der Waals surface area contributed by atoms with E-state index in [-0.39, 0.29) is 5.82 Å². The van der Waals surface area contributed by atoms with E-state index in [0.29, 0.717) is 0 Å². The van der Waals surface area contributed by atoms with Crippen LogP contribution in [0, 0.1) is 0 Å². The molecule has 6 atom stereocenters. The van der Waals surface area contributed by atoms with Gasteiger partial charge in [0.05, 0.1) is 6.61 Å². The van der Waals surface area contributed by atoms with Gasteiger partial charge in [-0.15, -0.1) is 0 Å². The smallest absolute Gasteiger partial charge is 0.387 e. The second kappa shape index (κ2) is 8.86. The number of anilines is 1. The molecule has 0 spiro atoms. The first kappa shape index (κ1) is 24.7. The van der Waals surface area contributed by atoms with Crippen LogP contribution in [0.25, 0.3) is 0 Å². The highest BCUT2D eigenvalue weighted by Crippen LogP contribution is 2.66. The molecule has 1 fully saturated rings. The Morgan fingerprint density at radius 2 is 1.83 bits per heavy atom. The summed E-state index contributed by atoms with van der Waals surface area (Å²) >= 11 is 4.42. The van der Waals surface area contributed by atoms with E-state index in [1.165, 1.54) is 6.07 Å². The minimum absolute atomic E-state index is 0.0942. The van der Waals surface area contributed by atoms with Crippen LogP contribution in [0.3, 0.4) is 0 Å². The maximum Gasteiger partial charge on any atom is 0.488 e. The van der Waals surface area contributed by atoms with Gasteiger partial charge in [0, 0.05) is 6.20 Å². The molecule has 20 heteroatoms. The maximum absolute atomic E-state index is 11.8. The molecule has 0 saturated carbocycles. The van der Waals surface area contributed by atoms with Gasteiger partial charge in [-0.05, 0) is 17.9 Å². The van der Waals surface area contributed by atoms with Gasteiger partial charge < -0.3 is 44.8 Å². The van der Waals surface area contributed by atoms with Gasteiger partial charge in [0.2, 0.25) is 0 Å². The van der Waals surface area contributed by atoms with Crippen LogP contribution in [-0.4, -0.2) is 64.3 Å². The number of hydrogen-bond acceptors (Lipinski definition) is 12. The Morgan fingerprint density at radius 3 is 2.38 bits per heavy atom. The lowest BCUT2D eigenvalue weighted by Gasteiger charge is -2.21. The highest BCUT2D eigenvalue weighted by atomic mass is 32.5. The number of aromatic nitrogens is 2. The lowest BCUT2D eigenvalue weighted by molar-refractivity contribution is -0.0526. The fourth-order valence-corrected chi connectivity index (χ4v) is 6.16. The molecule has 1 aliphatic heterocycles. The number of nitrogens with two attached hydrogens (primary N) is 1. The molecule has 166 valence electrons. The number of rotatable bonds is 8. The van der Waals surface area contributed by atoms with Gasteiger partial charge in [0.25, 0.3) is 0 Å². The molecule has 0 aromatic carbocycles. The van der Waals surface area contributed by atoms with E-state index in [1.54, 1.807) is 0 Å². The minimum Gasteiger partial charge on any atom is -0.387 e. The Bertz CT molecular complexity index is 951. The number of aliphatic hydroxyl groups is 2. The molecule has 2 rings (SSSR count). The number of ether oxygens (including phenoxy) is 1. The molecule has 1 aliphatic rings. The summed E-state index contributed by atoms with van der Waals surface area (Å²) in [6.07, 6.45) is -4.98. The summed E-state index contributed by atoms with van der Waals surface area (Å²) in [5, 5.41) is 20.1. The lowest BCUT2D eigenvalue weighted by atomic mass is 10.1. The van der Waals surface area contributed by atoms with Crippen molar-refractivity contribution < 1.29 is 56.8 Å². The standard InChI is InChI=1S/C9H16N3O13P3S/c10-5-1-2-12(9(15)11-5)8-7(14)6(13)4(23-8)3-22-28(21,29)25-27(19,20)24-26(16,17)18/h1-2,4,6-8,13-14H,3H2,(H,19,20)(H,21,29)(H2,10,11,15)(H2,16,17,18). The van der Waals surface area contributed by atoms with Gasteiger partial charge in [0.15, 0.2) is 6.23 Å². The van der Waals surface area contributed by atoms with Gasteiger partial charge in [-0.3, -0.25) is 4.57 Å². The van der Waals surface area contributed by atoms with Crippen LogP contribution in [0.5, 0.6) is 0 Å². The van der Waals surface area contributed by atoms with Gasteiger partial charge in [-0.1, -0.05) is 0 Å². The van der Waals surface area contributed by atoms with Crippen molar-refractivity contribution >= 4 is 40.0 Å². The number of nitrogen functional groups attached to an aromatic ring is 1. The fourth-order valence-electron chi connectivity index (χ4n) is 2.19. The zero-order chi connectivity index (χ0) is 22.2. The molecular formula is C9H16N3O13P3S. The van der Waals surface area contributed by atoms with Crippen LogP contribution in [0.15, 0.2) is 17.1 Å². The molecule has 1 aromatic rings. The molecule has 8 N–H and O–H groups in total. The Labute approximate surface area is 166 Å². The predicted molar refractivity (Wildman–Crippen MR) is 95.3 cm³/mol. The van der Waals surface area contributed by atoms with E-state index >= 15 is 0 Å². The Kier molecular flexibility index (Phi) is 7.54. The largest absolute Gasteiger partial charge is 0.488 e. The maximum atomic E-state index is 11.8. The summed E-state index contributed by atoms with van der Waals surface area (Å²) in [5.41, 5.74) is 4.46. The monoisotopic (exact) mass is 499 g/mol. The number of hydrogen-bond donors (Lipinski definition) is 7. The van der Waals surface area contributed by atoms with Crippen molar-refractivity contribution in [2.24, 2.45) is 0 Å². The van der Waals surface area contributed by atoms with E-state index < -0.39 is 59.2 Å². The number of nitrogens with zero attached hydrogens (tertiary/aromatic N) is 2. The molecule has 29 heavy (non-hydrogen) atoms. The number of aliphatic hydroxyl groups excluding tert-OH is 2. The Hall–Kier alpha value is -0.610. The molecule has 0 bridgehead atoms. The molecule has 1 saturated heterocycles. The molecule has 0 radical (unpaired) electrons. The zero-order valence-corrected chi connectivity index (χ0v) is 17.4. The van der Waals surface area contributed by atoms with Crippen molar-refractivity contribution in [3.8, 4) is 0 Å². The molecule has 6 unspecified atom stereocenters. The summed E-state index contributed by atoms with van der Waals surface area (Å²) < 4.78 is 40.3. The van der Waals surface area contributed by atoms with Crippen LogP contribution in [0.1, 0.15) is 6.23 Å². The summed E-state index contributed by atoms with van der Waals surface area (Å²) in [4.78, 5) is 51.2.